The maximum atomic E-state index is 11.5. The zero-order valence-electron chi connectivity index (χ0n) is 10.8. The molecule has 0 N–H and O–H groups in total. The molecule has 0 unspecified atom stereocenters. The Bertz CT molecular complexity index is 557. The van der Waals surface area contributed by atoms with Crippen LogP contribution >= 0.6 is 0 Å². The molecule has 0 amide bonds. The summed E-state index contributed by atoms with van der Waals surface area (Å²) in [6.07, 6.45) is 3.38. The molecule has 2 aromatic carbocycles. The fourth-order valence-corrected chi connectivity index (χ4v) is 2.76. The van der Waals surface area contributed by atoms with Crippen molar-refractivity contribution in [1.29, 1.82) is 0 Å². The van der Waals surface area contributed by atoms with E-state index < -0.39 is 0 Å². The predicted molar refractivity (Wildman–Crippen MR) is 77.1 cm³/mol. The van der Waals surface area contributed by atoms with E-state index in [0.717, 1.165) is 6.42 Å². The van der Waals surface area contributed by atoms with Crippen molar-refractivity contribution in [1.82, 2.24) is 0 Å². The number of hydrogen-bond donors (Lipinski definition) is 0. The Labute approximate surface area is 113 Å². The first-order valence-electron chi connectivity index (χ1n) is 6.68. The largest absolute Gasteiger partial charge is 0.295 e. The van der Waals surface area contributed by atoms with Crippen molar-refractivity contribution >= 4 is 5.78 Å². The van der Waals surface area contributed by atoms with Crippen LogP contribution in [0.3, 0.4) is 0 Å². The molecule has 0 atom stereocenters. The maximum Gasteiger partial charge on any atom is 0.155 e. The third-order valence-corrected chi connectivity index (χ3v) is 3.64. The lowest BCUT2D eigenvalue weighted by Gasteiger charge is -2.19. The van der Waals surface area contributed by atoms with Gasteiger partial charge in [0.25, 0.3) is 0 Å². The Hall–Kier alpha value is -2.15. The molecule has 0 bridgehead atoms. The number of hydrogen-bond acceptors (Lipinski definition) is 1. The van der Waals surface area contributed by atoms with Gasteiger partial charge in [0.05, 0.1) is 0 Å². The minimum atomic E-state index is 0.217. The van der Waals surface area contributed by atoms with E-state index in [1.807, 2.05) is 18.2 Å². The molecule has 94 valence electrons. The van der Waals surface area contributed by atoms with Crippen molar-refractivity contribution < 1.29 is 4.79 Å². The molecule has 0 spiro atoms. The van der Waals surface area contributed by atoms with Crippen LogP contribution in [0.25, 0.3) is 0 Å². The van der Waals surface area contributed by atoms with E-state index in [2.05, 4.69) is 48.5 Å². The van der Waals surface area contributed by atoms with Gasteiger partial charge in [-0.1, -0.05) is 66.2 Å². The average Bonchev–Trinajstić information content (AvgIpc) is 2.88. The first-order valence-corrected chi connectivity index (χ1v) is 6.68. The SMILES string of the molecule is O=C1C=C(C(c2ccccc2)c2ccccc2)CC1. The van der Waals surface area contributed by atoms with Gasteiger partial charge in [-0.3, -0.25) is 4.79 Å². The van der Waals surface area contributed by atoms with Crippen LogP contribution in [0.15, 0.2) is 72.3 Å². The van der Waals surface area contributed by atoms with E-state index in [0.29, 0.717) is 6.42 Å². The highest BCUT2D eigenvalue weighted by Crippen LogP contribution is 2.36. The summed E-state index contributed by atoms with van der Waals surface area (Å²) in [4.78, 5) is 11.5. The molecule has 1 nitrogen and oxygen atoms in total. The van der Waals surface area contributed by atoms with Crippen LogP contribution < -0.4 is 0 Å². The van der Waals surface area contributed by atoms with Crippen LogP contribution in [0, 0.1) is 0 Å². The Balaban J connectivity index is 2.07. The lowest BCUT2D eigenvalue weighted by atomic mass is 9.84. The smallest absolute Gasteiger partial charge is 0.155 e. The molecular formula is C18H16O. The molecule has 0 heterocycles. The molecule has 1 aliphatic rings. The van der Waals surface area contributed by atoms with Crippen molar-refractivity contribution in [2.75, 3.05) is 0 Å². The quantitative estimate of drug-likeness (QED) is 0.799. The summed E-state index contributed by atoms with van der Waals surface area (Å²) in [6, 6.07) is 20.8. The zero-order valence-corrected chi connectivity index (χ0v) is 10.8. The van der Waals surface area contributed by atoms with Gasteiger partial charge in [-0.25, -0.2) is 0 Å². The highest BCUT2D eigenvalue weighted by atomic mass is 16.1. The molecule has 0 radical (unpaired) electrons. The Morgan fingerprint density at radius 3 is 1.68 bits per heavy atom. The number of ketones is 1. The normalized spacial score (nSPS) is 14.8. The van der Waals surface area contributed by atoms with Gasteiger partial charge in [-0.05, 0) is 23.6 Å². The van der Waals surface area contributed by atoms with Crippen LogP contribution in [0.2, 0.25) is 0 Å². The number of allylic oxidation sites excluding steroid dienone is 2. The summed E-state index contributed by atoms with van der Waals surface area (Å²) in [6.45, 7) is 0. The molecule has 0 aromatic heterocycles. The van der Waals surface area contributed by atoms with Crippen LogP contribution in [0.4, 0.5) is 0 Å². The third kappa shape index (κ3) is 2.50. The van der Waals surface area contributed by atoms with Gasteiger partial charge in [0, 0.05) is 12.3 Å². The van der Waals surface area contributed by atoms with Gasteiger partial charge in [-0.2, -0.15) is 0 Å². The summed E-state index contributed by atoms with van der Waals surface area (Å²) in [7, 11) is 0. The Kier molecular flexibility index (Phi) is 3.28. The molecule has 3 rings (SSSR count). The Morgan fingerprint density at radius 2 is 1.26 bits per heavy atom. The highest BCUT2D eigenvalue weighted by Gasteiger charge is 2.23. The second kappa shape index (κ2) is 5.23. The maximum absolute atomic E-state index is 11.5. The van der Waals surface area contributed by atoms with Crippen molar-refractivity contribution in [3.05, 3.63) is 83.4 Å². The third-order valence-electron chi connectivity index (χ3n) is 3.64. The van der Waals surface area contributed by atoms with Gasteiger partial charge in [-0.15, -0.1) is 0 Å². The molecule has 0 saturated carbocycles. The summed E-state index contributed by atoms with van der Waals surface area (Å²) in [5.74, 6) is 0.473. The summed E-state index contributed by atoms with van der Waals surface area (Å²) < 4.78 is 0. The minimum absolute atomic E-state index is 0.217. The molecule has 0 fully saturated rings. The highest BCUT2D eigenvalue weighted by molar-refractivity contribution is 5.93. The van der Waals surface area contributed by atoms with Crippen molar-refractivity contribution in [2.24, 2.45) is 0 Å². The summed E-state index contributed by atoms with van der Waals surface area (Å²) in [5.41, 5.74) is 3.76. The zero-order chi connectivity index (χ0) is 13.1. The number of carbonyl (C=O) groups excluding carboxylic acids is 1. The van der Waals surface area contributed by atoms with Crippen LogP contribution in [0.5, 0.6) is 0 Å². The molecule has 0 saturated heterocycles. The van der Waals surface area contributed by atoms with Crippen LogP contribution in [-0.2, 0) is 4.79 Å². The Morgan fingerprint density at radius 1 is 0.737 bits per heavy atom. The van der Waals surface area contributed by atoms with Gasteiger partial charge in [0.15, 0.2) is 5.78 Å². The first-order chi connectivity index (χ1) is 9.34. The van der Waals surface area contributed by atoms with E-state index in [1.54, 1.807) is 0 Å². The average molecular weight is 248 g/mol. The number of rotatable bonds is 3. The van der Waals surface area contributed by atoms with E-state index in [4.69, 9.17) is 0 Å². The second-order valence-corrected chi connectivity index (χ2v) is 4.94. The van der Waals surface area contributed by atoms with E-state index >= 15 is 0 Å². The van der Waals surface area contributed by atoms with E-state index in [-0.39, 0.29) is 11.7 Å². The summed E-state index contributed by atoms with van der Waals surface area (Å²) in [5, 5.41) is 0. The lowest BCUT2D eigenvalue weighted by Crippen LogP contribution is -2.03. The van der Waals surface area contributed by atoms with Crippen molar-refractivity contribution in [3.63, 3.8) is 0 Å². The first kappa shape index (κ1) is 11.9. The monoisotopic (exact) mass is 248 g/mol. The van der Waals surface area contributed by atoms with Crippen molar-refractivity contribution in [3.8, 4) is 0 Å². The number of carbonyl (C=O) groups is 1. The van der Waals surface area contributed by atoms with Gasteiger partial charge in [0.2, 0.25) is 0 Å². The molecular weight excluding hydrogens is 232 g/mol. The fourth-order valence-electron chi connectivity index (χ4n) is 2.76. The summed E-state index contributed by atoms with van der Waals surface area (Å²) >= 11 is 0. The van der Waals surface area contributed by atoms with Gasteiger partial charge < -0.3 is 0 Å². The molecule has 0 aliphatic heterocycles. The number of benzene rings is 2. The molecule has 1 aliphatic carbocycles. The second-order valence-electron chi connectivity index (χ2n) is 4.94. The topological polar surface area (TPSA) is 17.1 Å². The molecule has 19 heavy (non-hydrogen) atoms. The standard InChI is InChI=1S/C18H16O/c19-17-12-11-16(13-17)18(14-7-3-1-4-8-14)15-9-5-2-6-10-15/h1-10,13,18H,11-12H2. The van der Waals surface area contributed by atoms with Crippen LogP contribution in [0.1, 0.15) is 29.9 Å². The molecule has 2 aromatic rings. The van der Waals surface area contributed by atoms with Crippen LogP contribution in [-0.4, -0.2) is 5.78 Å². The van der Waals surface area contributed by atoms with Gasteiger partial charge >= 0.3 is 0 Å². The fraction of sp³-hybridized carbons (Fsp3) is 0.167. The van der Waals surface area contributed by atoms with Gasteiger partial charge in [0.1, 0.15) is 0 Å². The predicted octanol–water partition coefficient (Wildman–Crippen LogP) is 4.11. The lowest BCUT2D eigenvalue weighted by molar-refractivity contribution is -0.114. The molecule has 1 heteroatoms. The minimum Gasteiger partial charge on any atom is -0.295 e. The van der Waals surface area contributed by atoms with E-state index in [1.165, 1.54) is 16.7 Å². The van der Waals surface area contributed by atoms with Crippen molar-refractivity contribution in [2.45, 2.75) is 18.8 Å². The van der Waals surface area contributed by atoms with E-state index in [9.17, 15) is 4.79 Å².